The maximum atomic E-state index is 14.8. The van der Waals surface area contributed by atoms with Gasteiger partial charge in [-0.15, -0.1) is 0 Å². The third kappa shape index (κ3) is 4.88. The van der Waals surface area contributed by atoms with Gasteiger partial charge in [-0.05, 0) is 111 Å². The van der Waals surface area contributed by atoms with Crippen molar-refractivity contribution in [1.29, 1.82) is 0 Å². The number of rotatable bonds is 4. The Balaban J connectivity index is 1.39. The van der Waals surface area contributed by atoms with Crippen LogP contribution >= 0.6 is 0 Å². The molecule has 4 rings (SSSR count). The Morgan fingerprint density at radius 2 is 1.29 bits per heavy atom. The van der Waals surface area contributed by atoms with Crippen LogP contribution in [0.4, 0.5) is 17.6 Å². The van der Waals surface area contributed by atoms with Crippen molar-refractivity contribution in [3.05, 3.63) is 71.3 Å². The van der Waals surface area contributed by atoms with E-state index in [1.165, 1.54) is 44.6 Å². The molecule has 0 spiro atoms. The Hall–Kier alpha value is -2.10. The van der Waals surface area contributed by atoms with Crippen LogP contribution in [-0.4, -0.2) is 0 Å². The minimum Gasteiger partial charge on any atom is -0.206 e. The van der Waals surface area contributed by atoms with Gasteiger partial charge in [0.2, 0.25) is 0 Å². The Labute approximate surface area is 182 Å². The SMILES string of the molecule is C/C=C/C1CCC(C2CCC(c3ccc(-c4cc(F)c(F)c(F)c4)c(F)c3)CC2)CC1. The topological polar surface area (TPSA) is 0 Å². The van der Waals surface area contributed by atoms with E-state index in [1.54, 1.807) is 6.07 Å². The first kappa shape index (κ1) is 22.1. The molecule has 0 heterocycles. The summed E-state index contributed by atoms with van der Waals surface area (Å²) in [7, 11) is 0. The minimum atomic E-state index is -1.53. The molecule has 31 heavy (non-hydrogen) atoms. The van der Waals surface area contributed by atoms with E-state index in [0.717, 1.165) is 48.3 Å². The second-order valence-electron chi connectivity index (χ2n) is 9.31. The average molecular weight is 431 g/mol. The molecule has 0 aromatic heterocycles. The summed E-state index contributed by atoms with van der Waals surface area (Å²) in [6, 6.07) is 6.58. The van der Waals surface area contributed by atoms with Crippen LogP contribution < -0.4 is 0 Å². The fraction of sp³-hybridized carbons (Fsp3) is 0.481. The zero-order valence-corrected chi connectivity index (χ0v) is 18.0. The van der Waals surface area contributed by atoms with E-state index in [1.807, 2.05) is 6.07 Å². The number of allylic oxidation sites excluding steroid dienone is 2. The molecule has 0 N–H and O–H groups in total. The summed E-state index contributed by atoms with van der Waals surface area (Å²) in [6.07, 6.45) is 14.2. The zero-order valence-electron chi connectivity index (χ0n) is 18.0. The van der Waals surface area contributed by atoms with Gasteiger partial charge in [-0.1, -0.05) is 24.3 Å². The van der Waals surface area contributed by atoms with Gasteiger partial charge in [0.15, 0.2) is 17.5 Å². The first-order chi connectivity index (χ1) is 15.0. The van der Waals surface area contributed by atoms with Crippen molar-refractivity contribution < 1.29 is 17.6 Å². The first-order valence-electron chi connectivity index (χ1n) is 11.5. The van der Waals surface area contributed by atoms with E-state index in [9.17, 15) is 17.6 Å². The van der Waals surface area contributed by atoms with Crippen LogP contribution in [-0.2, 0) is 0 Å². The Bertz CT molecular complexity index is 909. The van der Waals surface area contributed by atoms with Gasteiger partial charge in [0.1, 0.15) is 5.82 Å². The quantitative estimate of drug-likeness (QED) is 0.259. The van der Waals surface area contributed by atoms with Gasteiger partial charge in [-0.3, -0.25) is 0 Å². The molecule has 2 saturated carbocycles. The van der Waals surface area contributed by atoms with Crippen molar-refractivity contribution in [3.63, 3.8) is 0 Å². The molecule has 0 radical (unpaired) electrons. The van der Waals surface area contributed by atoms with Crippen molar-refractivity contribution in [3.8, 4) is 11.1 Å². The van der Waals surface area contributed by atoms with E-state index in [4.69, 9.17) is 0 Å². The minimum absolute atomic E-state index is 0.0117. The normalized spacial score (nSPS) is 27.0. The number of benzene rings is 2. The summed E-state index contributed by atoms with van der Waals surface area (Å²) in [5.41, 5.74) is 1.05. The summed E-state index contributed by atoms with van der Waals surface area (Å²) < 4.78 is 55.1. The molecule has 4 heteroatoms. The highest BCUT2D eigenvalue weighted by Gasteiger charge is 2.31. The molecular formula is C27H30F4. The lowest BCUT2D eigenvalue weighted by atomic mass is 9.68. The lowest BCUT2D eigenvalue weighted by Crippen LogP contribution is -2.25. The lowest BCUT2D eigenvalue weighted by molar-refractivity contribution is 0.171. The number of halogens is 4. The van der Waals surface area contributed by atoms with Crippen LogP contribution in [0.25, 0.3) is 11.1 Å². The molecule has 0 nitrogen and oxygen atoms in total. The highest BCUT2D eigenvalue weighted by molar-refractivity contribution is 5.65. The predicted octanol–water partition coefficient (Wildman–Crippen LogP) is 8.57. The first-order valence-corrected chi connectivity index (χ1v) is 11.5. The van der Waals surface area contributed by atoms with Crippen LogP contribution in [0.1, 0.15) is 69.8 Å². The second kappa shape index (κ2) is 9.58. The molecule has 0 unspecified atom stereocenters. The molecule has 2 fully saturated rings. The van der Waals surface area contributed by atoms with Crippen molar-refractivity contribution in [1.82, 2.24) is 0 Å². The molecule has 0 bridgehead atoms. The molecule has 0 atom stereocenters. The zero-order chi connectivity index (χ0) is 22.0. The van der Waals surface area contributed by atoms with E-state index in [-0.39, 0.29) is 11.1 Å². The fourth-order valence-corrected chi connectivity index (χ4v) is 5.74. The monoisotopic (exact) mass is 430 g/mol. The van der Waals surface area contributed by atoms with Crippen molar-refractivity contribution in [2.24, 2.45) is 17.8 Å². The maximum absolute atomic E-state index is 14.8. The molecule has 2 aromatic rings. The highest BCUT2D eigenvalue weighted by Crippen LogP contribution is 2.44. The van der Waals surface area contributed by atoms with Gasteiger partial charge >= 0.3 is 0 Å². The second-order valence-corrected chi connectivity index (χ2v) is 9.31. The highest BCUT2D eigenvalue weighted by atomic mass is 19.2. The van der Waals surface area contributed by atoms with Crippen LogP contribution in [0.2, 0.25) is 0 Å². The van der Waals surface area contributed by atoms with Gasteiger partial charge < -0.3 is 0 Å². The molecular weight excluding hydrogens is 400 g/mol. The third-order valence-corrected chi connectivity index (χ3v) is 7.48. The van der Waals surface area contributed by atoms with Crippen molar-refractivity contribution in [2.45, 2.75) is 64.2 Å². The van der Waals surface area contributed by atoms with Gasteiger partial charge in [0, 0.05) is 5.56 Å². The Morgan fingerprint density at radius 1 is 0.710 bits per heavy atom. The summed E-state index contributed by atoms with van der Waals surface area (Å²) in [5, 5.41) is 0. The maximum Gasteiger partial charge on any atom is 0.194 e. The summed E-state index contributed by atoms with van der Waals surface area (Å²) >= 11 is 0. The van der Waals surface area contributed by atoms with E-state index in [0.29, 0.717) is 5.92 Å². The lowest BCUT2D eigenvalue weighted by Gasteiger charge is -2.37. The standard InChI is InChI=1S/C27H30F4/c1-2-3-17-4-6-18(7-5-17)19-8-10-20(11-9-19)21-12-13-23(24(28)14-21)22-15-25(29)27(31)26(30)16-22/h2-3,12-20H,4-11H2,1H3/b3-2+. The van der Waals surface area contributed by atoms with Gasteiger partial charge in [-0.25, -0.2) is 17.6 Å². The molecule has 2 aliphatic rings. The van der Waals surface area contributed by atoms with Crippen LogP contribution in [0.15, 0.2) is 42.5 Å². The van der Waals surface area contributed by atoms with Crippen LogP contribution in [0.3, 0.4) is 0 Å². The van der Waals surface area contributed by atoms with Crippen LogP contribution in [0.5, 0.6) is 0 Å². The van der Waals surface area contributed by atoms with E-state index >= 15 is 0 Å². The molecule has 2 aliphatic carbocycles. The van der Waals surface area contributed by atoms with Crippen molar-refractivity contribution >= 4 is 0 Å². The average Bonchev–Trinajstić information content (AvgIpc) is 2.78. The Kier molecular flexibility index (Phi) is 6.83. The predicted molar refractivity (Wildman–Crippen MR) is 117 cm³/mol. The smallest absolute Gasteiger partial charge is 0.194 e. The summed E-state index contributed by atoms with van der Waals surface area (Å²) in [4.78, 5) is 0. The number of hydrogen-bond acceptors (Lipinski definition) is 0. The van der Waals surface area contributed by atoms with Crippen molar-refractivity contribution in [2.75, 3.05) is 0 Å². The molecule has 0 amide bonds. The number of hydrogen-bond donors (Lipinski definition) is 0. The fourth-order valence-electron chi connectivity index (χ4n) is 5.74. The molecule has 0 saturated heterocycles. The largest absolute Gasteiger partial charge is 0.206 e. The van der Waals surface area contributed by atoms with Gasteiger partial charge in [0.25, 0.3) is 0 Å². The summed E-state index contributed by atoms with van der Waals surface area (Å²) in [6.45, 7) is 2.10. The third-order valence-electron chi connectivity index (χ3n) is 7.48. The molecule has 0 aliphatic heterocycles. The van der Waals surface area contributed by atoms with Gasteiger partial charge in [0.05, 0.1) is 0 Å². The van der Waals surface area contributed by atoms with Gasteiger partial charge in [-0.2, -0.15) is 0 Å². The molecule has 166 valence electrons. The van der Waals surface area contributed by atoms with Crippen LogP contribution in [0, 0.1) is 41.0 Å². The Morgan fingerprint density at radius 3 is 1.84 bits per heavy atom. The summed E-state index contributed by atoms with van der Waals surface area (Å²) in [5.74, 6) is -2.00. The van der Waals surface area contributed by atoms with E-state index < -0.39 is 23.3 Å². The van der Waals surface area contributed by atoms with E-state index in [2.05, 4.69) is 19.1 Å². The molecule has 2 aromatic carbocycles.